The van der Waals surface area contributed by atoms with Crippen molar-refractivity contribution < 1.29 is 13.5 Å². The van der Waals surface area contributed by atoms with Crippen molar-refractivity contribution in [3.05, 3.63) is 72.1 Å². The maximum atomic E-state index is 12.4. The van der Waals surface area contributed by atoms with Gasteiger partial charge in [0.25, 0.3) is 0 Å². The van der Waals surface area contributed by atoms with E-state index in [2.05, 4.69) is 20.1 Å². The van der Waals surface area contributed by atoms with Crippen molar-refractivity contribution in [2.45, 2.75) is 12.7 Å². The van der Waals surface area contributed by atoms with Gasteiger partial charge in [-0.2, -0.15) is 23.5 Å². The monoisotopic (exact) mass is 383 g/mol. The highest BCUT2D eigenvalue weighted by Gasteiger charge is 2.22. The summed E-state index contributed by atoms with van der Waals surface area (Å²) in [5.41, 5.74) is 3.90. The zero-order valence-electron chi connectivity index (χ0n) is 15.4. The highest BCUT2D eigenvalue weighted by molar-refractivity contribution is 5.72. The number of benzene rings is 2. The lowest BCUT2D eigenvalue weighted by Gasteiger charge is -2.24. The van der Waals surface area contributed by atoms with Gasteiger partial charge in [0.05, 0.1) is 11.7 Å². The molecule has 0 fully saturated rings. The van der Waals surface area contributed by atoms with E-state index in [-0.39, 0.29) is 11.8 Å². The Labute approximate surface area is 161 Å². The molecular formula is C20H19F2N5O. The van der Waals surface area contributed by atoms with Crippen LogP contribution < -0.4 is 15.0 Å². The van der Waals surface area contributed by atoms with Crippen molar-refractivity contribution in [1.82, 2.24) is 14.8 Å². The number of anilines is 2. The number of hydrogen-bond donors (Lipinski definition) is 1. The van der Waals surface area contributed by atoms with E-state index >= 15 is 0 Å². The van der Waals surface area contributed by atoms with Gasteiger partial charge in [0.2, 0.25) is 5.95 Å². The molecule has 1 N–H and O–H groups in total. The topological polar surface area (TPSA) is 55.2 Å². The molecule has 1 atom stereocenters. The largest absolute Gasteiger partial charge is 0.435 e. The van der Waals surface area contributed by atoms with E-state index < -0.39 is 6.61 Å². The zero-order chi connectivity index (χ0) is 19.7. The quantitative estimate of drug-likeness (QED) is 0.722. The number of nitrogens with one attached hydrogen (secondary N) is 1. The Morgan fingerprint density at radius 1 is 1.07 bits per heavy atom. The van der Waals surface area contributed by atoms with Crippen LogP contribution in [-0.2, 0) is 0 Å². The molecule has 6 nitrogen and oxygen atoms in total. The second kappa shape index (κ2) is 7.30. The molecule has 2 aromatic carbocycles. The van der Waals surface area contributed by atoms with Gasteiger partial charge >= 0.3 is 6.61 Å². The number of hydrogen-bond acceptors (Lipinski definition) is 5. The Balaban J connectivity index is 1.67. The molecule has 28 heavy (non-hydrogen) atoms. The highest BCUT2D eigenvalue weighted by Crippen LogP contribution is 2.32. The molecule has 8 heteroatoms. The van der Waals surface area contributed by atoms with Crippen LogP contribution in [0.25, 0.3) is 5.70 Å². The predicted molar refractivity (Wildman–Crippen MR) is 104 cm³/mol. The van der Waals surface area contributed by atoms with Crippen LogP contribution in [0.1, 0.15) is 17.2 Å². The number of halogens is 2. The van der Waals surface area contributed by atoms with Crippen molar-refractivity contribution in [2.24, 2.45) is 0 Å². The van der Waals surface area contributed by atoms with Crippen molar-refractivity contribution >= 4 is 17.3 Å². The van der Waals surface area contributed by atoms with E-state index in [4.69, 9.17) is 0 Å². The molecule has 1 aromatic heterocycles. The molecule has 0 spiro atoms. The summed E-state index contributed by atoms with van der Waals surface area (Å²) in [4.78, 5) is 6.31. The van der Waals surface area contributed by atoms with Crippen LogP contribution >= 0.6 is 0 Å². The first-order chi connectivity index (χ1) is 13.5. The van der Waals surface area contributed by atoms with Crippen LogP contribution in [0.5, 0.6) is 5.75 Å². The lowest BCUT2D eigenvalue weighted by molar-refractivity contribution is -0.0498. The summed E-state index contributed by atoms with van der Waals surface area (Å²) in [5.74, 6) is 0.744. The summed E-state index contributed by atoms with van der Waals surface area (Å²) in [7, 11) is 3.98. The molecule has 1 aliphatic heterocycles. The first-order valence-corrected chi connectivity index (χ1v) is 8.72. The zero-order valence-corrected chi connectivity index (χ0v) is 15.4. The number of rotatable bonds is 5. The maximum Gasteiger partial charge on any atom is 0.387 e. The summed E-state index contributed by atoms with van der Waals surface area (Å²) in [6, 6.07) is 14.5. The molecule has 0 aliphatic carbocycles. The SMILES string of the molecule is CN(C)c1ccc(C2=CC(c3ccc(OC(F)F)cc3)Nc3ncnn32)cc1. The fourth-order valence-electron chi connectivity index (χ4n) is 3.11. The molecule has 1 unspecified atom stereocenters. The van der Waals surface area contributed by atoms with E-state index in [9.17, 15) is 8.78 Å². The Morgan fingerprint density at radius 2 is 1.79 bits per heavy atom. The fourth-order valence-corrected chi connectivity index (χ4v) is 3.11. The summed E-state index contributed by atoms with van der Waals surface area (Å²) < 4.78 is 30.9. The molecular weight excluding hydrogens is 364 g/mol. The molecule has 4 rings (SSSR count). The van der Waals surface area contributed by atoms with Gasteiger partial charge in [-0.15, -0.1) is 0 Å². The van der Waals surface area contributed by atoms with Crippen molar-refractivity contribution in [3.8, 4) is 5.75 Å². The molecule has 0 saturated carbocycles. The molecule has 1 aliphatic rings. The number of aromatic nitrogens is 3. The van der Waals surface area contributed by atoms with Crippen molar-refractivity contribution in [1.29, 1.82) is 0 Å². The number of fused-ring (bicyclic) bond motifs is 1. The van der Waals surface area contributed by atoms with Crippen LogP contribution in [0.4, 0.5) is 20.4 Å². The van der Waals surface area contributed by atoms with E-state index in [0.717, 1.165) is 22.5 Å². The molecule has 0 radical (unpaired) electrons. The lowest BCUT2D eigenvalue weighted by Crippen LogP contribution is -2.20. The van der Waals surface area contributed by atoms with Crippen molar-refractivity contribution in [2.75, 3.05) is 24.3 Å². The number of ether oxygens (including phenoxy) is 1. The fraction of sp³-hybridized carbons (Fsp3) is 0.200. The second-order valence-corrected chi connectivity index (χ2v) is 6.56. The Morgan fingerprint density at radius 3 is 2.43 bits per heavy atom. The maximum absolute atomic E-state index is 12.4. The first-order valence-electron chi connectivity index (χ1n) is 8.72. The third-order valence-corrected chi connectivity index (χ3v) is 4.53. The summed E-state index contributed by atoms with van der Waals surface area (Å²) in [5, 5.41) is 7.61. The molecule has 0 bridgehead atoms. The van der Waals surface area contributed by atoms with Crippen LogP contribution in [0.3, 0.4) is 0 Å². The first kappa shape index (κ1) is 18.0. The highest BCUT2D eigenvalue weighted by atomic mass is 19.3. The van der Waals surface area contributed by atoms with E-state index in [1.807, 2.05) is 49.3 Å². The molecule has 3 aromatic rings. The van der Waals surface area contributed by atoms with Crippen LogP contribution in [0.2, 0.25) is 0 Å². The van der Waals surface area contributed by atoms with Gasteiger partial charge < -0.3 is 15.0 Å². The third kappa shape index (κ3) is 3.53. The number of nitrogens with zero attached hydrogens (tertiary/aromatic N) is 4. The standard InChI is InChI=1S/C20H19F2N5O/c1-26(2)15-7-3-14(4-8-15)18-11-17(25-20-23-12-24-27(18)20)13-5-9-16(10-6-13)28-19(21)22/h3-12,17,19H,1-2H3,(H,23,24,25). The van der Waals surface area contributed by atoms with E-state index in [1.165, 1.54) is 18.5 Å². The molecule has 0 amide bonds. The molecule has 144 valence electrons. The van der Waals surface area contributed by atoms with Gasteiger partial charge in [-0.1, -0.05) is 24.3 Å². The van der Waals surface area contributed by atoms with Gasteiger partial charge in [0.15, 0.2) is 0 Å². The summed E-state index contributed by atoms with van der Waals surface area (Å²) in [6.45, 7) is -2.84. The Hall–Kier alpha value is -3.42. The average molecular weight is 383 g/mol. The van der Waals surface area contributed by atoms with Crippen molar-refractivity contribution in [3.63, 3.8) is 0 Å². The average Bonchev–Trinajstić information content (AvgIpc) is 3.16. The summed E-state index contributed by atoms with van der Waals surface area (Å²) >= 11 is 0. The Bertz CT molecular complexity index is 981. The summed E-state index contributed by atoms with van der Waals surface area (Å²) in [6.07, 6.45) is 3.53. The number of alkyl halides is 2. The van der Waals surface area contributed by atoms with Gasteiger partial charge in [-0.05, 0) is 35.9 Å². The second-order valence-electron chi connectivity index (χ2n) is 6.56. The minimum atomic E-state index is -2.84. The minimum Gasteiger partial charge on any atom is -0.435 e. The normalized spacial score (nSPS) is 15.6. The smallest absolute Gasteiger partial charge is 0.387 e. The van der Waals surface area contributed by atoms with Crippen LogP contribution in [-0.4, -0.2) is 35.5 Å². The minimum absolute atomic E-state index is 0.126. The third-order valence-electron chi connectivity index (χ3n) is 4.53. The molecule has 2 heterocycles. The Kier molecular flexibility index (Phi) is 4.68. The van der Waals surface area contributed by atoms with Gasteiger partial charge in [0, 0.05) is 25.3 Å². The van der Waals surface area contributed by atoms with Gasteiger partial charge in [0.1, 0.15) is 12.1 Å². The molecule has 0 saturated heterocycles. The van der Waals surface area contributed by atoms with E-state index in [0.29, 0.717) is 5.95 Å². The van der Waals surface area contributed by atoms with Crippen LogP contribution in [0.15, 0.2) is 60.9 Å². The van der Waals surface area contributed by atoms with Gasteiger partial charge in [-0.3, -0.25) is 0 Å². The van der Waals surface area contributed by atoms with Gasteiger partial charge in [-0.25, -0.2) is 0 Å². The van der Waals surface area contributed by atoms with Crippen LogP contribution in [0, 0.1) is 0 Å². The van der Waals surface area contributed by atoms with E-state index in [1.54, 1.807) is 16.8 Å². The lowest BCUT2D eigenvalue weighted by atomic mass is 10.0. The predicted octanol–water partition coefficient (Wildman–Crippen LogP) is 4.00.